The smallest absolute Gasteiger partial charge is 0.342 e. The van der Waals surface area contributed by atoms with Crippen LogP contribution in [0.4, 0.5) is 5.00 Å². The van der Waals surface area contributed by atoms with Gasteiger partial charge in [-0.25, -0.2) is 4.79 Å². The van der Waals surface area contributed by atoms with Crippen molar-refractivity contribution in [1.29, 1.82) is 0 Å². The van der Waals surface area contributed by atoms with Gasteiger partial charge in [0.2, 0.25) is 11.8 Å². The van der Waals surface area contributed by atoms with Gasteiger partial charge in [-0.1, -0.05) is 0 Å². The zero-order valence-electron chi connectivity index (χ0n) is 17.1. The molecule has 8 nitrogen and oxygen atoms in total. The minimum Gasteiger partial charge on any atom is -0.449 e. The minimum absolute atomic E-state index is 0.00990. The lowest BCUT2D eigenvalue weighted by atomic mass is 9.95. The molecule has 3 rings (SSSR count). The van der Waals surface area contributed by atoms with Crippen molar-refractivity contribution in [3.63, 3.8) is 0 Å². The number of piperazine rings is 1. The third kappa shape index (κ3) is 4.77. The van der Waals surface area contributed by atoms with Gasteiger partial charge in [0.25, 0.3) is 5.91 Å². The summed E-state index contributed by atoms with van der Waals surface area (Å²) in [6.45, 7) is 6.28. The zero-order valence-corrected chi connectivity index (χ0v) is 17.9. The fourth-order valence-electron chi connectivity index (χ4n) is 3.80. The first-order chi connectivity index (χ1) is 13.8. The Morgan fingerprint density at radius 3 is 2.24 bits per heavy atom. The van der Waals surface area contributed by atoms with E-state index in [0.717, 1.165) is 36.1 Å². The maximum Gasteiger partial charge on any atom is 0.342 e. The molecule has 1 N–H and O–H groups in total. The average Bonchev–Trinajstić information content (AvgIpc) is 3.04. The number of thiophene rings is 1. The van der Waals surface area contributed by atoms with Crippen molar-refractivity contribution in [2.45, 2.75) is 52.6 Å². The first kappa shape index (κ1) is 21.3. The van der Waals surface area contributed by atoms with Crippen molar-refractivity contribution in [3.8, 4) is 0 Å². The van der Waals surface area contributed by atoms with Gasteiger partial charge >= 0.3 is 5.97 Å². The highest BCUT2D eigenvalue weighted by molar-refractivity contribution is 7.17. The van der Waals surface area contributed by atoms with E-state index in [1.54, 1.807) is 16.7 Å². The molecule has 2 heterocycles. The number of aryl methyl sites for hydroxylation is 1. The van der Waals surface area contributed by atoms with E-state index in [0.29, 0.717) is 36.7 Å². The van der Waals surface area contributed by atoms with Gasteiger partial charge in [-0.2, -0.15) is 0 Å². The molecule has 1 aliphatic heterocycles. The fraction of sp³-hybridized carbons (Fsp3) is 0.600. The highest BCUT2D eigenvalue weighted by atomic mass is 32.1. The first-order valence-electron chi connectivity index (χ1n) is 9.95. The van der Waals surface area contributed by atoms with E-state index in [2.05, 4.69) is 5.32 Å². The van der Waals surface area contributed by atoms with Crippen molar-refractivity contribution >= 4 is 40.0 Å². The van der Waals surface area contributed by atoms with Crippen LogP contribution in [-0.2, 0) is 32.0 Å². The minimum atomic E-state index is -0.935. The van der Waals surface area contributed by atoms with E-state index >= 15 is 0 Å². The standard InChI is InChI=1S/C20H27N3O5S/c1-12(19(26)23-10-8-22(9-11-23)14(3)25)28-20(27)17-15-6-4-5-7-16(15)29-18(17)21-13(2)24/h12H,4-11H2,1-3H3,(H,21,24). The van der Waals surface area contributed by atoms with Crippen LogP contribution in [0.5, 0.6) is 0 Å². The van der Waals surface area contributed by atoms with E-state index in [9.17, 15) is 19.2 Å². The molecular weight excluding hydrogens is 394 g/mol. The Labute approximate surface area is 174 Å². The van der Waals surface area contributed by atoms with Crippen LogP contribution in [0.25, 0.3) is 0 Å². The molecule has 0 bridgehead atoms. The molecule has 0 aromatic carbocycles. The molecule has 158 valence electrons. The number of rotatable bonds is 4. The van der Waals surface area contributed by atoms with E-state index in [1.165, 1.54) is 25.2 Å². The maximum atomic E-state index is 12.9. The Morgan fingerprint density at radius 2 is 1.62 bits per heavy atom. The van der Waals surface area contributed by atoms with Gasteiger partial charge < -0.3 is 19.9 Å². The van der Waals surface area contributed by atoms with Crippen molar-refractivity contribution in [1.82, 2.24) is 9.80 Å². The van der Waals surface area contributed by atoms with Crippen LogP contribution in [0, 0.1) is 0 Å². The Kier molecular flexibility index (Phi) is 6.56. The quantitative estimate of drug-likeness (QED) is 0.748. The molecule has 0 saturated carbocycles. The number of amides is 3. The van der Waals surface area contributed by atoms with Gasteiger partial charge in [0.1, 0.15) is 5.00 Å². The molecule has 29 heavy (non-hydrogen) atoms. The number of hydrogen-bond donors (Lipinski definition) is 1. The van der Waals surface area contributed by atoms with Gasteiger partial charge in [0.15, 0.2) is 6.10 Å². The average molecular weight is 422 g/mol. The molecule has 1 aromatic heterocycles. The lowest BCUT2D eigenvalue weighted by Crippen LogP contribution is -2.52. The van der Waals surface area contributed by atoms with Crippen molar-refractivity contribution in [2.75, 3.05) is 31.5 Å². The molecule has 1 aliphatic carbocycles. The molecule has 0 spiro atoms. The number of anilines is 1. The molecule has 3 amide bonds. The highest BCUT2D eigenvalue weighted by Gasteiger charge is 2.31. The summed E-state index contributed by atoms with van der Waals surface area (Å²) >= 11 is 1.42. The van der Waals surface area contributed by atoms with Gasteiger partial charge in [0, 0.05) is 44.9 Å². The van der Waals surface area contributed by atoms with Crippen LogP contribution in [0.3, 0.4) is 0 Å². The van der Waals surface area contributed by atoms with Crippen LogP contribution in [-0.4, -0.2) is 65.8 Å². The summed E-state index contributed by atoms with van der Waals surface area (Å²) in [6.07, 6.45) is 2.76. The second kappa shape index (κ2) is 8.94. The summed E-state index contributed by atoms with van der Waals surface area (Å²) in [4.78, 5) is 53.1. The summed E-state index contributed by atoms with van der Waals surface area (Å²) in [7, 11) is 0. The largest absolute Gasteiger partial charge is 0.449 e. The molecule has 9 heteroatoms. The maximum absolute atomic E-state index is 12.9. The summed E-state index contributed by atoms with van der Waals surface area (Å²) < 4.78 is 5.52. The van der Waals surface area contributed by atoms with E-state index in [-0.39, 0.29) is 17.7 Å². The van der Waals surface area contributed by atoms with Gasteiger partial charge in [-0.3, -0.25) is 14.4 Å². The van der Waals surface area contributed by atoms with Gasteiger partial charge in [-0.05, 0) is 38.2 Å². The molecule has 2 aliphatic rings. The molecule has 0 radical (unpaired) electrons. The summed E-state index contributed by atoms with van der Waals surface area (Å²) in [5, 5.41) is 3.24. The molecular formula is C20H27N3O5S. The molecule has 1 unspecified atom stereocenters. The Morgan fingerprint density at radius 1 is 1.00 bits per heavy atom. The fourth-order valence-corrected chi connectivity index (χ4v) is 5.12. The van der Waals surface area contributed by atoms with Crippen molar-refractivity contribution in [3.05, 3.63) is 16.0 Å². The number of nitrogens with zero attached hydrogens (tertiary/aromatic N) is 2. The predicted molar refractivity (Wildman–Crippen MR) is 109 cm³/mol. The second-order valence-corrected chi connectivity index (χ2v) is 8.58. The lowest BCUT2D eigenvalue weighted by Gasteiger charge is -2.35. The molecule has 1 saturated heterocycles. The Bertz CT molecular complexity index is 826. The summed E-state index contributed by atoms with van der Waals surface area (Å²) in [5.74, 6) is -1.10. The Balaban J connectivity index is 1.69. The van der Waals surface area contributed by atoms with Gasteiger partial charge in [-0.15, -0.1) is 11.3 Å². The number of nitrogens with one attached hydrogen (secondary N) is 1. The number of fused-ring (bicyclic) bond motifs is 1. The van der Waals surface area contributed by atoms with Crippen LogP contribution in [0.2, 0.25) is 0 Å². The number of esters is 1. The summed E-state index contributed by atoms with van der Waals surface area (Å²) in [5.41, 5.74) is 1.32. The monoisotopic (exact) mass is 421 g/mol. The lowest BCUT2D eigenvalue weighted by molar-refractivity contribution is -0.144. The third-order valence-electron chi connectivity index (χ3n) is 5.33. The zero-order chi connectivity index (χ0) is 21.1. The molecule has 1 atom stereocenters. The number of carbonyl (C=O) groups excluding carboxylic acids is 4. The van der Waals surface area contributed by atoms with Crippen LogP contribution < -0.4 is 5.32 Å². The van der Waals surface area contributed by atoms with Crippen molar-refractivity contribution in [2.24, 2.45) is 0 Å². The number of ether oxygens (including phenoxy) is 1. The van der Waals surface area contributed by atoms with E-state index < -0.39 is 12.1 Å². The number of carbonyl (C=O) groups is 4. The van der Waals surface area contributed by atoms with E-state index in [4.69, 9.17) is 4.74 Å². The highest BCUT2D eigenvalue weighted by Crippen LogP contribution is 2.38. The van der Waals surface area contributed by atoms with Crippen molar-refractivity contribution < 1.29 is 23.9 Å². The van der Waals surface area contributed by atoms with Crippen LogP contribution in [0.15, 0.2) is 0 Å². The third-order valence-corrected chi connectivity index (χ3v) is 6.54. The Hall–Kier alpha value is -2.42. The second-order valence-electron chi connectivity index (χ2n) is 7.48. The van der Waals surface area contributed by atoms with E-state index in [1.807, 2.05) is 0 Å². The van der Waals surface area contributed by atoms with Crippen LogP contribution in [0.1, 0.15) is 54.4 Å². The first-order valence-corrected chi connectivity index (χ1v) is 10.8. The molecule has 1 aromatic rings. The van der Waals surface area contributed by atoms with Gasteiger partial charge in [0.05, 0.1) is 5.56 Å². The normalized spacial score (nSPS) is 17.3. The number of hydrogen-bond acceptors (Lipinski definition) is 6. The van der Waals surface area contributed by atoms with Crippen LogP contribution >= 0.6 is 11.3 Å². The topological polar surface area (TPSA) is 96.0 Å². The SMILES string of the molecule is CC(=O)Nc1sc2c(c1C(=O)OC(C)C(=O)N1CCN(C(C)=O)CC1)CCCC2. The summed E-state index contributed by atoms with van der Waals surface area (Å²) in [6, 6.07) is 0. The predicted octanol–water partition coefficient (Wildman–Crippen LogP) is 1.82. The molecule has 1 fully saturated rings.